The van der Waals surface area contributed by atoms with E-state index in [4.69, 9.17) is 14.2 Å². The fraction of sp³-hybridized carbons (Fsp3) is 0.944. The maximum atomic E-state index is 12.0. The number of ether oxygens (including phenoxy) is 3. The van der Waals surface area contributed by atoms with Crippen LogP contribution in [0.15, 0.2) is 12.2 Å². The van der Waals surface area contributed by atoms with E-state index in [1.54, 1.807) is 6.92 Å². The van der Waals surface area contributed by atoms with Gasteiger partial charge in [-0.05, 0) is 86.4 Å². The summed E-state index contributed by atoms with van der Waals surface area (Å²) in [5.41, 5.74) is -1.36. The molecule has 1 spiro atoms. The lowest BCUT2D eigenvalue weighted by atomic mass is 9.32. The maximum absolute atomic E-state index is 12.0. The van der Waals surface area contributed by atoms with Crippen molar-refractivity contribution in [1.29, 1.82) is 0 Å². The van der Waals surface area contributed by atoms with Crippen LogP contribution in [-0.4, -0.2) is 87.3 Å². The largest absolute Gasteiger partial charge is 0.396 e. The Balaban J connectivity index is 1.23. The molecule has 2 aliphatic heterocycles. The SMILES string of the molecule is C[C@H]1O[C@@H](O[C@H]2CC[C@@]3(C)[C@@H](CC[C@]4(C)[C@@H]3C=CC35OC[C@@]6(CCC(C)(C)CC36)[C@H](O)C[C@]54C)[C@]2(C)CO)[C@H](O)[C@@H](O)[C@H]1O. The molecule has 0 amide bonds. The predicted molar refractivity (Wildman–Crippen MR) is 164 cm³/mol. The molecule has 16 atom stereocenters. The van der Waals surface area contributed by atoms with Gasteiger partial charge in [0.1, 0.15) is 18.3 Å². The summed E-state index contributed by atoms with van der Waals surface area (Å²) in [4.78, 5) is 0. The lowest BCUT2D eigenvalue weighted by Gasteiger charge is -2.73. The van der Waals surface area contributed by atoms with Gasteiger partial charge in [-0.3, -0.25) is 0 Å². The molecule has 5 aliphatic carbocycles. The van der Waals surface area contributed by atoms with Gasteiger partial charge in [-0.15, -0.1) is 0 Å². The summed E-state index contributed by atoms with van der Waals surface area (Å²) in [6.07, 6.45) is 5.98. The van der Waals surface area contributed by atoms with Crippen LogP contribution in [0, 0.1) is 50.2 Å². The molecule has 4 saturated carbocycles. The van der Waals surface area contributed by atoms with Crippen molar-refractivity contribution < 1.29 is 39.7 Å². The lowest BCUT2D eigenvalue weighted by molar-refractivity contribution is -0.329. The van der Waals surface area contributed by atoms with Gasteiger partial charge < -0.3 is 39.7 Å². The number of rotatable bonds is 3. The van der Waals surface area contributed by atoms with Crippen molar-refractivity contribution in [2.24, 2.45) is 50.2 Å². The van der Waals surface area contributed by atoms with Gasteiger partial charge in [-0.25, -0.2) is 0 Å². The molecule has 44 heavy (non-hydrogen) atoms. The monoisotopic (exact) mass is 618 g/mol. The van der Waals surface area contributed by atoms with Crippen LogP contribution in [-0.2, 0) is 14.2 Å². The fourth-order valence-corrected chi connectivity index (χ4v) is 12.8. The van der Waals surface area contributed by atoms with Crippen molar-refractivity contribution >= 4 is 0 Å². The molecule has 8 heteroatoms. The third kappa shape index (κ3) is 3.75. The van der Waals surface area contributed by atoms with E-state index in [2.05, 4.69) is 53.7 Å². The minimum Gasteiger partial charge on any atom is -0.396 e. The van der Waals surface area contributed by atoms with Crippen molar-refractivity contribution in [1.82, 2.24) is 0 Å². The van der Waals surface area contributed by atoms with Crippen LogP contribution < -0.4 is 0 Å². The van der Waals surface area contributed by atoms with Gasteiger partial charge in [0, 0.05) is 22.2 Å². The average molecular weight is 619 g/mol. The zero-order valence-electron chi connectivity index (χ0n) is 28.0. The summed E-state index contributed by atoms with van der Waals surface area (Å²) in [5.74, 6) is 0.695. The fourth-order valence-electron chi connectivity index (χ4n) is 12.8. The molecule has 0 aromatic heterocycles. The highest BCUT2D eigenvalue weighted by Gasteiger charge is 2.79. The van der Waals surface area contributed by atoms with E-state index in [0.29, 0.717) is 18.9 Å². The standard InChI is InChI=1S/C36H58O8/c1-20-26(39)27(40)28(41)29(43-20)44-25-10-11-31(4)21(32(25,5)18-37)8-12-33(6)22(31)9-13-36-23-16-30(2,3)14-15-35(23,19-42-36)24(38)17-34(33,36)7/h9,13,20-29,37-41H,8,10-12,14-19H2,1-7H3/t20-,21-,22-,23?,24-,25+,26+,27+,28-,29+,31+,32+,33-,34+,35-,36?/m1/s1. The van der Waals surface area contributed by atoms with Crippen molar-refractivity contribution in [2.75, 3.05) is 13.2 Å². The minimum atomic E-state index is -1.37. The molecule has 2 saturated heterocycles. The van der Waals surface area contributed by atoms with Gasteiger partial charge in [0.2, 0.25) is 0 Å². The van der Waals surface area contributed by atoms with E-state index in [9.17, 15) is 25.5 Å². The second-order valence-corrected chi connectivity index (χ2v) is 18.1. The number of aliphatic hydroxyl groups excluding tert-OH is 5. The van der Waals surface area contributed by atoms with Crippen molar-refractivity contribution in [3.63, 3.8) is 0 Å². The van der Waals surface area contributed by atoms with E-state index < -0.39 is 36.1 Å². The Morgan fingerprint density at radius 1 is 0.841 bits per heavy atom. The third-order valence-electron chi connectivity index (χ3n) is 15.8. The molecule has 0 radical (unpaired) electrons. The van der Waals surface area contributed by atoms with Gasteiger partial charge in [-0.2, -0.15) is 0 Å². The van der Waals surface area contributed by atoms with E-state index in [0.717, 1.165) is 44.9 Å². The van der Waals surface area contributed by atoms with Crippen LogP contribution in [0.1, 0.15) is 99.8 Å². The van der Waals surface area contributed by atoms with E-state index in [-0.39, 0.29) is 63.3 Å². The average Bonchev–Trinajstić information content (AvgIpc) is 3.24. The summed E-state index contributed by atoms with van der Waals surface area (Å²) in [7, 11) is 0. The first kappa shape index (κ1) is 32.0. The molecule has 2 heterocycles. The van der Waals surface area contributed by atoms with Gasteiger partial charge >= 0.3 is 0 Å². The Labute approximate surface area is 263 Å². The van der Waals surface area contributed by atoms with E-state index >= 15 is 0 Å². The quantitative estimate of drug-likeness (QED) is 0.238. The first-order valence-corrected chi connectivity index (χ1v) is 17.4. The van der Waals surface area contributed by atoms with Crippen LogP contribution in [0.4, 0.5) is 0 Å². The minimum absolute atomic E-state index is 0.0582. The van der Waals surface area contributed by atoms with Gasteiger partial charge in [0.25, 0.3) is 0 Å². The molecular formula is C36H58O8. The molecule has 8 nitrogen and oxygen atoms in total. The molecule has 5 N–H and O–H groups in total. The van der Waals surface area contributed by atoms with Gasteiger partial charge in [0.15, 0.2) is 6.29 Å². The second-order valence-electron chi connectivity index (χ2n) is 18.1. The highest BCUT2D eigenvalue weighted by molar-refractivity contribution is 5.36. The third-order valence-corrected chi connectivity index (χ3v) is 15.8. The number of fused-ring (bicyclic) bond motifs is 4. The molecule has 0 aromatic rings. The second kappa shape index (κ2) is 9.74. The van der Waals surface area contributed by atoms with E-state index in [1.807, 2.05) is 0 Å². The summed E-state index contributed by atoms with van der Waals surface area (Å²) < 4.78 is 19.4. The lowest BCUT2D eigenvalue weighted by Crippen LogP contribution is -2.72. The zero-order valence-corrected chi connectivity index (χ0v) is 28.0. The molecule has 6 fully saturated rings. The first-order valence-electron chi connectivity index (χ1n) is 17.4. The number of aliphatic hydroxyl groups is 5. The molecular weight excluding hydrogens is 560 g/mol. The summed E-state index contributed by atoms with van der Waals surface area (Å²) in [6.45, 7) is 16.4. The summed E-state index contributed by atoms with van der Waals surface area (Å²) in [5, 5.41) is 54.4. The number of hydrogen-bond donors (Lipinski definition) is 5. The first-order chi connectivity index (χ1) is 20.4. The van der Waals surface area contributed by atoms with Gasteiger partial charge in [0.05, 0.1) is 37.1 Å². The Bertz CT molecular complexity index is 1190. The Hall–Kier alpha value is -0.580. The summed E-state index contributed by atoms with van der Waals surface area (Å²) in [6, 6.07) is 0. The molecule has 7 rings (SSSR count). The normalized spacial score (nSPS) is 61.0. The Morgan fingerprint density at radius 2 is 1.57 bits per heavy atom. The predicted octanol–water partition coefficient (Wildman–Crippen LogP) is 3.95. The van der Waals surface area contributed by atoms with E-state index in [1.165, 1.54) is 0 Å². The molecule has 2 unspecified atom stereocenters. The number of allylic oxidation sites excluding steroid dienone is 1. The maximum Gasteiger partial charge on any atom is 0.186 e. The van der Waals surface area contributed by atoms with Crippen molar-refractivity contribution in [3.8, 4) is 0 Å². The van der Waals surface area contributed by atoms with Crippen molar-refractivity contribution in [2.45, 2.75) is 148 Å². The van der Waals surface area contributed by atoms with Crippen LogP contribution in [0.25, 0.3) is 0 Å². The zero-order chi connectivity index (χ0) is 31.9. The molecule has 250 valence electrons. The molecule has 7 aliphatic rings. The van der Waals surface area contributed by atoms with Gasteiger partial charge in [-0.1, -0.05) is 53.7 Å². The smallest absolute Gasteiger partial charge is 0.186 e. The van der Waals surface area contributed by atoms with Crippen LogP contribution in [0.5, 0.6) is 0 Å². The molecule has 2 bridgehead atoms. The molecule has 0 aromatic carbocycles. The Morgan fingerprint density at radius 3 is 2.27 bits per heavy atom. The van der Waals surface area contributed by atoms with Crippen molar-refractivity contribution in [3.05, 3.63) is 12.2 Å². The Kier molecular flexibility index (Phi) is 7.08. The highest BCUT2D eigenvalue weighted by atomic mass is 16.7. The van der Waals surface area contributed by atoms with Crippen LogP contribution >= 0.6 is 0 Å². The topological polar surface area (TPSA) is 129 Å². The van der Waals surface area contributed by atoms with Crippen LogP contribution in [0.3, 0.4) is 0 Å². The van der Waals surface area contributed by atoms with Crippen LogP contribution in [0.2, 0.25) is 0 Å². The highest BCUT2D eigenvalue weighted by Crippen LogP contribution is 2.79. The summed E-state index contributed by atoms with van der Waals surface area (Å²) >= 11 is 0. The number of hydrogen-bond acceptors (Lipinski definition) is 8.